The SMILES string of the molecule is CC(C)n1ccc(CC(O)COC(C)(C)C)n1. The first-order chi connectivity index (χ1) is 7.78. The van der Waals surface area contributed by atoms with E-state index in [9.17, 15) is 5.11 Å². The molecule has 1 heterocycles. The van der Waals surface area contributed by atoms with Crippen LogP contribution in [0.5, 0.6) is 0 Å². The molecule has 0 amide bonds. The van der Waals surface area contributed by atoms with Gasteiger partial charge in [-0.1, -0.05) is 0 Å². The molecular formula is C13H24N2O2. The molecule has 17 heavy (non-hydrogen) atoms. The van der Waals surface area contributed by atoms with Crippen LogP contribution in [0.4, 0.5) is 0 Å². The lowest BCUT2D eigenvalue weighted by Crippen LogP contribution is -2.27. The second kappa shape index (κ2) is 5.65. The predicted octanol–water partition coefficient (Wildman–Crippen LogP) is 2.18. The van der Waals surface area contributed by atoms with E-state index < -0.39 is 6.10 Å². The van der Waals surface area contributed by atoms with Crippen LogP contribution >= 0.6 is 0 Å². The van der Waals surface area contributed by atoms with Gasteiger partial charge in [-0.15, -0.1) is 0 Å². The summed E-state index contributed by atoms with van der Waals surface area (Å²) in [5.74, 6) is 0. The van der Waals surface area contributed by atoms with Gasteiger partial charge >= 0.3 is 0 Å². The largest absolute Gasteiger partial charge is 0.390 e. The van der Waals surface area contributed by atoms with Crippen LogP contribution in [0.15, 0.2) is 12.3 Å². The molecule has 1 unspecified atom stereocenters. The van der Waals surface area contributed by atoms with Crippen LogP contribution < -0.4 is 0 Å². The van der Waals surface area contributed by atoms with Crippen LogP contribution in [0.1, 0.15) is 46.4 Å². The molecule has 0 aliphatic heterocycles. The van der Waals surface area contributed by atoms with E-state index in [0.29, 0.717) is 19.1 Å². The van der Waals surface area contributed by atoms with Gasteiger partial charge in [-0.2, -0.15) is 5.10 Å². The Morgan fingerprint density at radius 3 is 2.53 bits per heavy atom. The number of hydrogen-bond acceptors (Lipinski definition) is 3. The van der Waals surface area contributed by atoms with Crippen molar-refractivity contribution in [2.24, 2.45) is 0 Å². The fourth-order valence-electron chi connectivity index (χ4n) is 1.42. The molecule has 1 atom stereocenters. The van der Waals surface area contributed by atoms with Gasteiger partial charge in [-0.05, 0) is 40.7 Å². The summed E-state index contributed by atoms with van der Waals surface area (Å²) in [5.41, 5.74) is 0.696. The lowest BCUT2D eigenvalue weighted by atomic mass is 10.1. The van der Waals surface area contributed by atoms with Gasteiger partial charge in [0.2, 0.25) is 0 Å². The third-order valence-electron chi connectivity index (χ3n) is 2.35. The lowest BCUT2D eigenvalue weighted by Gasteiger charge is -2.21. The van der Waals surface area contributed by atoms with Crippen LogP contribution in [0.3, 0.4) is 0 Å². The summed E-state index contributed by atoms with van der Waals surface area (Å²) in [6, 6.07) is 2.30. The Morgan fingerprint density at radius 1 is 1.41 bits per heavy atom. The van der Waals surface area contributed by atoms with Crippen LogP contribution in [0.25, 0.3) is 0 Å². The van der Waals surface area contributed by atoms with Gasteiger partial charge in [0.25, 0.3) is 0 Å². The molecule has 0 aromatic carbocycles. The molecular weight excluding hydrogens is 216 g/mol. The zero-order chi connectivity index (χ0) is 13.1. The standard InChI is InChI=1S/C13H24N2O2/c1-10(2)15-7-6-11(14-15)8-12(16)9-17-13(3,4)5/h6-7,10,12,16H,8-9H2,1-5H3. The predicted molar refractivity (Wildman–Crippen MR) is 68.0 cm³/mol. The Morgan fingerprint density at radius 2 is 2.06 bits per heavy atom. The average Bonchev–Trinajstić information content (AvgIpc) is 2.62. The summed E-state index contributed by atoms with van der Waals surface area (Å²) in [5, 5.41) is 14.2. The van der Waals surface area contributed by atoms with Crippen LogP contribution in [-0.4, -0.2) is 33.2 Å². The second-order valence-corrected chi connectivity index (χ2v) is 5.66. The number of aliphatic hydroxyl groups excluding tert-OH is 1. The van der Waals surface area contributed by atoms with E-state index >= 15 is 0 Å². The number of nitrogens with zero attached hydrogens (tertiary/aromatic N) is 2. The topological polar surface area (TPSA) is 47.3 Å². The molecule has 0 saturated carbocycles. The zero-order valence-electron chi connectivity index (χ0n) is 11.5. The van der Waals surface area contributed by atoms with Crippen molar-refractivity contribution in [3.05, 3.63) is 18.0 Å². The fourth-order valence-corrected chi connectivity index (χ4v) is 1.42. The highest BCUT2D eigenvalue weighted by Crippen LogP contribution is 2.10. The molecule has 0 radical (unpaired) electrons. The van der Waals surface area contributed by atoms with E-state index in [1.807, 2.05) is 37.7 Å². The van der Waals surface area contributed by atoms with E-state index in [2.05, 4.69) is 18.9 Å². The third kappa shape index (κ3) is 5.33. The minimum absolute atomic E-state index is 0.210. The van der Waals surface area contributed by atoms with Gasteiger partial charge in [0.1, 0.15) is 0 Å². The smallest absolute Gasteiger partial charge is 0.0829 e. The van der Waals surface area contributed by atoms with E-state index in [1.165, 1.54) is 0 Å². The molecule has 4 nitrogen and oxygen atoms in total. The van der Waals surface area contributed by atoms with Gasteiger partial charge < -0.3 is 9.84 Å². The molecule has 0 fully saturated rings. The molecule has 0 saturated heterocycles. The van der Waals surface area contributed by atoms with Gasteiger partial charge in [0.15, 0.2) is 0 Å². The van der Waals surface area contributed by atoms with E-state index in [-0.39, 0.29) is 5.60 Å². The number of rotatable bonds is 5. The normalized spacial score (nSPS) is 14.3. The summed E-state index contributed by atoms with van der Waals surface area (Å²) in [7, 11) is 0. The van der Waals surface area contributed by atoms with Crippen molar-refractivity contribution in [1.82, 2.24) is 9.78 Å². The summed E-state index contributed by atoms with van der Waals surface area (Å²) < 4.78 is 7.43. The number of ether oxygens (including phenoxy) is 1. The van der Waals surface area contributed by atoms with E-state index in [4.69, 9.17) is 4.74 Å². The van der Waals surface area contributed by atoms with Crippen molar-refractivity contribution < 1.29 is 9.84 Å². The van der Waals surface area contributed by atoms with Gasteiger partial charge in [0.05, 0.1) is 24.0 Å². The Bertz CT molecular complexity index is 339. The summed E-state index contributed by atoms with van der Waals surface area (Å²) in [6.07, 6.45) is 1.98. The van der Waals surface area contributed by atoms with Crippen molar-refractivity contribution in [3.8, 4) is 0 Å². The second-order valence-electron chi connectivity index (χ2n) is 5.66. The van der Waals surface area contributed by atoms with E-state index in [0.717, 1.165) is 5.69 Å². The van der Waals surface area contributed by atoms with E-state index in [1.54, 1.807) is 0 Å². The summed E-state index contributed by atoms with van der Waals surface area (Å²) in [4.78, 5) is 0. The lowest BCUT2D eigenvalue weighted by molar-refractivity contribution is -0.0484. The highest BCUT2D eigenvalue weighted by Gasteiger charge is 2.15. The first-order valence-electron chi connectivity index (χ1n) is 6.14. The molecule has 0 aliphatic rings. The summed E-state index contributed by atoms with van der Waals surface area (Å²) in [6.45, 7) is 10.4. The fraction of sp³-hybridized carbons (Fsp3) is 0.769. The van der Waals surface area contributed by atoms with Crippen molar-refractivity contribution in [2.45, 2.75) is 58.8 Å². The molecule has 1 aromatic heterocycles. The quantitative estimate of drug-likeness (QED) is 0.858. The Hall–Kier alpha value is -0.870. The van der Waals surface area contributed by atoms with Crippen molar-refractivity contribution in [1.29, 1.82) is 0 Å². The maximum atomic E-state index is 9.84. The molecule has 1 rings (SSSR count). The molecule has 0 aliphatic carbocycles. The van der Waals surface area contributed by atoms with Crippen molar-refractivity contribution in [3.63, 3.8) is 0 Å². The number of aromatic nitrogens is 2. The summed E-state index contributed by atoms with van der Waals surface area (Å²) >= 11 is 0. The Balaban J connectivity index is 2.42. The zero-order valence-corrected chi connectivity index (χ0v) is 11.5. The van der Waals surface area contributed by atoms with Crippen LogP contribution in [0, 0.1) is 0 Å². The first kappa shape index (κ1) is 14.2. The van der Waals surface area contributed by atoms with Gasteiger partial charge in [-0.25, -0.2) is 0 Å². The van der Waals surface area contributed by atoms with Crippen molar-refractivity contribution in [2.75, 3.05) is 6.61 Å². The minimum atomic E-state index is -0.496. The molecule has 98 valence electrons. The van der Waals surface area contributed by atoms with Gasteiger partial charge in [0, 0.05) is 18.7 Å². The van der Waals surface area contributed by atoms with Crippen LogP contribution in [-0.2, 0) is 11.2 Å². The maximum Gasteiger partial charge on any atom is 0.0829 e. The molecule has 0 bridgehead atoms. The molecule has 0 spiro atoms. The average molecular weight is 240 g/mol. The highest BCUT2D eigenvalue weighted by atomic mass is 16.5. The Kier molecular flexibility index (Phi) is 4.71. The number of aliphatic hydroxyl groups is 1. The highest BCUT2D eigenvalue weighted by molar-refractivity contribution is 5.01. The maximum absolute atomic E-state index is 9.84. The molecule has 1 aromatic rings. The minimum Gasteiger partial charge on any atom is -0.390 e. The monoisotopic (exact) mass is 240 g/mol. The number of hydrogen-bond donors (Lipinski definition) is 1. The van der Waals surface area contributed by atoms with Gasteiger partial charge in [-0.3, -0.25) is 4.68 Å². The van der Waals surface area contributed by atoms with Crippen molar-refractivity contribution >= 4 is 0 Å². The first-order valence-corrected chi connectivity index (χ1v) is 6.14. The third-order valence-corrected chi connectivity index (χ3v) is 2.35. The molecule has 1 N–H and O–H groups in total. The van der Waals surface area contributed by atoms with Crippen LogP contribution in [0.2, 0.25) is 0 Å². The molecule has 4 heteroatoms. The Labute approximate surface area is 104 Å².